The summed E-state index contributed by atoms with van der Waals surface area (Å²) in [5, 5.41) is 21.0. The number of allylic oxidation sites excluding steroid dienone is 5. The number of hydrogen-bond donors (Lipinski definition) is 1. The van der Waals surface area contributed by atoms with Crippen LogP contribution >= 0.6 is 0 Å². The first-order valence-corrected chi connectivity index (χ1v) is 11.9. The predicted molar refractivity (Wildman–Crippen MR) is 113 cm³/mol. The molecule has 1 saturated heterocycles. The molecule has 6 rings (SSSR count). The van der Waals surface area contributed by atoms with Gasteiger partial charge in [0.05, 0.1) is 30.3 Å². The molecule has 0 aromatic heterocycles. The minimum atomic E-state index is -0.368. The van der Waals surface area contributed by atoms with Crippen LogP contribution in [0.15, 0.2) is 35.1 Å². The third-order valence-electron chi connectivity index (χ3n) is 10.3. The van der Waals surface area contributed by atoms with Gasteiger partial charge >= 0.3 is 0 Å². The second-order valence-electron chi connectivity index (χ2n) is 11.2. The van der Waals surface area contributed by atoms with E-state index in [2.05, 4.69) is 38.1 Å². The van der Waals surface area contributed by atoms with E-state index in [9.17, 15) is 10.4 Å². The van der Waals surface area contributed by atoms with Gasteiger partial charge < -0.3 is 14.6 Å². The lowest BCUT2D eigenvalue weighted by molar-refractivity contribution is -0.242. The highest BCUT2D eigenvalue weighted by atomic mass is 16.7. The largest absolute Gasteiger partial charge is 0.510 e. The molecular weight excluding hydrogens is 374 g/mol. The lowest BCUT2D eigenvalue weighted by Gasteiger charge is -2.60. The molecule has 4 nitrogen and oxygen atoms in total. The van der Waals surface area contributed by atoms with Crippen molar-refractivity contribution in [1.82, 2.24) is 0 Å². The molecule has 2 saturated carbocycles. The van der Waals surface area contributed by atoms with E-state index in [4.69, 9.17) is 9.47 Å². The van der Waals surface area contributed by atoms with Gasteiger partial charge in [-0.3, -0.25) is 0 Å². The first-order valence-electron chi connectivity index (χ1n) is 11.9. The van der Waals surface area contributed by atoms with E-state index in [0.717, 1.165) is 51.7 Å². The Hall–Kier alpha value is -1.57. The Morgan fingerprint density at radius 3 is 2.47 bits per heavy atom. The van der Waals surface area contributed by atoms with Crippen molar-refractivity contribution in [3.8, 4) is 6.07 Å². The monoisotopic (exact) mass is 407 g/mol. The van der Waals surface area contributed by atoms with Gasteiger partial charge in [-0.25, -0.2) is 0 Å². The molecule has 5 aliphatic carbocycles. The van der Waals surface area contributed by atoms with Gasteiger partial charge in [0.2, 0.25) is 0 Å². The van der Waals surface area contributed by atoms with Crippen molar-refractivity contribution < 1.29 is 14.6 Å². The first-order chi connectivity index (χ1) is 14.4. The molecule has 2 spiro atoms. The Kier molecular flexibility index (Phi) is 3.84. The minimum absolute atomic E-state index is 0.0410. The van der Waals surface area contributed by atoms with Crippen molar-refractivity contribution in [3.05, 3.63) is 35.1 Å². The SMILES string of the molecule is CC12CC(C#N)=C(O)C3(CC=CC3)C1=CCC1C2CCC2(C)C1CCC21OCCO1. The Balaban J connectivity index is 1.42. The lowest BCUT2D eigenvalue weighted by atomic mass is 9.44. The third kappa shape index (κ3) is 2.04. The fourth-order valence-electron chi connectivity index (χ4n) is 8.97. The van der Waals surface area contributed by atoms with Crippen molar-refractivity contribution in [3.63, 3.8) is 0 Å². The average Bonchev–Trinajstić information content (AvgIpc) is 3.47. The topological polar surface area (TPSA) is 62.5 Å². The smallest absolute Gasteiger partial charge is 0.174 e. The van der Waals surface area contributed by atoms with Gasteiger partial charge in [-0.1, -0.05) is 37.6 Å². The summed E-state index contributed by atoms with van der Waals surface area (Å²) in [6, 6.07) is 2.39. The van der Waals surface area contributed by atoms with E-state index in [1.165, 1.54) is 12.0 Å². The number of ether oxygens (including phenoxy) is 2. The summed E-state index contributed by atoms with van der Waals surface area (Å²) in [4.78, 5) is 0. The highest BCUT2D eigenvalue weighted by molar-refractivity contribution is 5.48. The minimum Gasteiger partial charge on any atom is -0.510 e. The van der Waals surface area contributed by atoms with Crippen LogP contribution in [-0.4, -0.2) is 24.1 Å². The molecule has 0 aromatic rings. The van der Waals surface area contributed by atoms with Crippen LogP contribution in [0, 0.1) is 45.3 Å². The molecular formula is C26H33NO3. The number of fused-ring (bicyclic) bond motifs is 7. The van der Waals surface area contributed by atoms with Crippen LogP contribution in [0.3, 0.4) is 0 Å². The summed E-state index contributed by atoms with van der Waals surface area (Å²) in [7, 11) is 0. The lowest BCUT2D eigenvalue weighted by Crippen LogP contribution is -2.56. The van der Waals surface area contributed by atoms with Crippen molar-refractivity contribution in [2.24, 2.45) is 34.0 Å². The zero-order chi connectivity index (χ0) is 20.8. The molecule has 5 atom stereocenters. The normalized spacial score (nSPS) is 45.2. The summed E-state index contributed by atoms with van der Waals surface area (Å²) in [5.41, 5.74) is 1.73. The number of hydrogen-bond acceptors (Lipinski definition) is 4. The third-order valence-corrected chi connectivity index (χ3v) is 10.3. The molecule has 1 N–H and O–H groups in total. The maximum absolute atomic E-state index is 11.1. The maximum Gasteiger partial charge on any atom is 0.174 e. The van der Waals surface area contributed by atoms with E-state index >= 15 is 0 Å². The van der Waals surface area contributed by atoms with Crippen LogP contribution in [-0.2, 0) is 9.47 Å². The van der Waals surface area contributed by atoms with Crippen LogP contribution < -0.4 is 0 Å². The molecule has 160 valence electrons. The number of nitrogens with zero attached hydrogens (tertiary/aromatic N) is 1. The number of aliphatic hydroxyl groups excluding tert-OH is 1. The van der Waals surface area contributed by atoms with Crippen molar-refractivity contribution in [2.45, 2.75) is 71.0 Å². The standard InChI is InChI=1S/C26H33NO3/c1-23-15-17(16-27)22(28)25(9-3-4-10-25)21(23)6-5-18-19(23)7-11-24(2)20(18)8-12-26(24)29-13-14-30-26/h3-4,6,18-20,28H,5,7-15H2,1-2H3. The van der Waals surface area contributed by atoms with Gasteiger partial charge in [0.25, 0.3) is 0 Å². The predicted octanol–water partition coefficient (Wildman–Crippen LogP) is 5.58. The fourth-order valence-corrected chi connectivity index (χ4v) is 8.97. The Morgan fingerprint density at radius 2 is 1.77 bits per heavy atom. The van der Waals surface area contributed by atoms with Crippen LogP contribution in [0.4, 0.5) is 0 Å². The molecule has 3 fully saturated rings. The molecule has 6 aliphatic rings. The molecule has 0 amide bonds. The van der Waals surface area contributed by atoms with Crippen molar-refractivity contribution >= 4 is 0 Å². The van der Waals surface area contributed by atoms with Crippen LogP contribution in [0.25, 0.3) is 0 Å². The van der Waals surface area contributed by atoms with Gasteiger partial charge in [-0.05, 0) is 68.1 Å². The number of nitriles is 1. The van der Waals surface area contributed by atoms with Gasteiger partial charge in [-0.15, -0.1) is 0 Å². The maximum atomic E-state index is 11.1. The molecule has 5 unspecified atom stereocenters. The van der Waals surface area contributed by atoms with Crippen molar-refractivity contribution in [2.75, 3.05) is 13.2 Å². The molecule has 4 heteroatoms. The molecule has 30 heavy (non-hydrogen) atoms. The Morgan fingerprint density at radius 1 is 1.07 bits per heavy atom. The van der Waals surface area contributed by atoms with Crippen LogP contribution in [0.5, 0.6) is 0 Å². The van der Waals surface area contributed by atoms with E-state index in [1.54, 1.807) is 0 Å². The second kappa shape index (κ2) is 6.02. The Bertz CT molecular complexity index is 909. The van der Waals surface area contributed by atoms with Crippen LogP contribution in [0.1, 0.15) is 65.2 Å². The van der Waals surface area contributed by atoms with Crippen molar-refractivity contribution in [1.29, 1.82) is 5.26 Å². The zero-order valence-electron chi connectivity index (χ0n) is 18.2. The van der Waals surface area contributed by atoms with E-state index < -0.39 is 0 Å². The average molecular weight is 408 g/mol. The molecule has 1 aliphatic heterocycles. The van der Waals surface area contributed by atoms with E-state index in [0.29, 0.717) is 35.5 Å². The Labute approximate surface area is 179 Å². The van der Waals surface area contributed by atoms with Gasteiger partial charge in [0.1, 0.15) is 5.76 Å². The highest BCUT2D eigenvalue weighted by Crippen LogP contribution is 2.71. The quantitative estimate of drug-likeness (QED) is 0.532. The first kappa shape index (κ1) is 19.1. The molecule has 0 bridgehead atoms. The summed E-state index contributed by atoms with van der Waals surface area (Å²) in [5.74, 6) is 1.75. The summed E-state index contributed by atoms with van der Waals surface area (Å²) < 4.78 is 12.6. The molecule has 0 aromatic carbocycles. The summed E-state index contributed by atoms with van der Waals surface area (Å²) >= 11 is 0. The zero-order valence-corrected chi connectivity index (χ0v) is 18.2. The van der Waals surface area contributed by atoms with Crippen LogP contribution in [0.2, 0.25) is 0 Å². The van der Waals surface area contributed by atoms with Gasteiger partial charge in [0, 0.05) is 11.8 Å². The van der Waals surface area contributed by atoms with E-state index in [1.807, 2.05) is 0 Å². The summed E-state index contributed by atoms with van der Waals surface area (Å²) in [6.45, 7) is 6.27. The number of aliphatic hydroxyl groups is 1. The highest BCUT2D eigenvalue weighted by Gasteiger charge is 2.68. The second-order valence-corrected chi connectivity index (χ2v) is 11.2. The van der Waals surface area contributed by atoms with Gasteiger partial charge in [-0.2, -0.15) is 5.26 Å². The fraction of sp³-hybridized carbons (Fsp3) is 0.731. The van der Waals surface area contributed by atoms with E-state index in [-0.39, 0.29) is 22.0 Å². The van der Waals surface area contributed by atoms with Gasteiger partial charge in [0.15, 0.2) is 5.79 Å². The number of rotatable bonds is 0. The summed E-state index contributed by atoms with van der Waals surface area (Å²) in [6.07, 6.45) is 14.8. The molecule has 1 heterocycles. The molecule has 0 radical (unpaired) electrons.